The van der Waals surface area contributed by atoms with Crippen molar-refractivity contribution in [3.63, 3.8) is 0 Å². The standard InChI is InChI=1S/C12H9F3O3/c1-8-2-4-9(5-3-8)6-7-10(16)18-11(17)12(13,14)15/h2-7H,1H3/b7-6+. The van der Waals surface area contributed by atoms with Gasteiger partial charge in [0.15, 0.2) is 0 Å². The highest BCUT2D eigenvalue weighted by Crippen LogP contribution is 2.16. The number of hydrogen-bond donors (Lipinski definition) is 0. The van der Waals surface area contributed by atoms with Crippen LogP contribution in [0.5, 0.6) is 0 Å². The Kier molecular flexibility index (Phi) is 4.25. The minimum Gasteiger partial charge on any atom is -0.383 e. The molecule has 18 heavy (non-hydrogen) atoms. The molecule has 0 aliphatic carbocycles. The Morgan fingerprint density at radius 3 is 2.22 bits per heavy atom. The van der Waals surface area contributed by atoms with Crippen molar-refractivity contribution < 1.29 is 27.5 Å². The van der Waals surface area contributed by atoms with Gasteiger partial charge >= 0.3 is 18.1 Å². The topological polar surface area (TPSA) is 43.4 Å². The summed E-state index contributed by atoms with van der Waals surface area (Å²) in [4.78, 5) is 21.2. The SMILES string of the molecule is Cc1ccc(/C=C/C(=O)OC(=O)C(F)(F)F)cc1. The van der Waals surface area contributed by atoms with E-state index in [4.69, 9.17) is 0 Å². The first kappa shape index (κ1) is 14.0. The van der Waals surface area contributed by atoms with E-state index in [0.717, 1.165) is 11.6 Å². The fraction of sp³-hybridized carbons (Fsp3) is 0.167. The van der Waals surface area contributed by atoms with Gasteiger partial charge in [0.1, 0.15) is 0 Å². The Morgan fingerprint density at radius 2 is 1.72 bits per heavy atom. The summed E-state index contributed by atoms with van der Waals surface area (Å²) in [6.45, 7) is 1.86. The first-order chi connectivity index (χ1) is 8.29. The second kappa shape index (κ2) is 5.48. The smallest absolute Gasteiger partial charge is 0.383 e. The molecule has 1 aromatic rings. The van der Waals surface area contributed by atoms with Crippen LogP contribution in [0.3, 0.4) is 0 Å². The van der Waals surface area contributed by atoms with Crippen molar-refractivity contribution >= 4 is 18.0 Å². The number of hydrogen-bond acceptors (Lipinski definition) is 3. The van der Waals surface area contributed by atoms with Crippen LogP contribution in [-0.4, -0.2) is 18.1 Å². The van der Waals surface area contributed by atoms with Crippen LogP contribution in [0, 0.1) is 6.92 Å². The van der Waals surface area contributed by atoms with Gasteiger partial charge in [0.25, 0.3) is 0 Å². The lowest BCUT2D eigenvalue weighted by atomic mass is 10.1. The molecule has 0 aliphatic rings. The summed E-state index contributed by atoms with van der Waals surface area (Å²) >= 11 is 0. The van der Waals surface area contributed by atoms with Crippen molar-refractivity contribution in [3.05, 3.63) is 41.5 Å². The number of ether oxygens (including phenoxy) is 1. The third-order valence-corrected chi connectivity index (χ3v) is 1.91. The van der Waals surface area contributed by atoms with Crippen molar-refractivity contribution in [1.82, 2.24) is 0 Å². The van der Waals surface area contributed by atoms with Crippen LogP contribution in [-0.2, 0) is 14.3 Å². The summed E-state index contributed by atoms with van der Waals surface area (Å²) < 4.78 is 38.9. The number of alkyl halides is 3. The molecule has 1 rings (SSSR count). The zero-order chi connectivity index (χ0) is 13.8. The maximum Gasteiger partial charge on any atom is 0.491 e. The van der Waals surface area contributed by atoms with Gasteiger partial charge in [0, 0.05) is 6.08 Å². The van der Waals surface area contributed by atoms with Gasteiger partial charge in [-0.05, 0) is 18.6 Å². The molecule has 0 aromatic heterocycles. The summed E-state index contributed by atoms with van der Waals surface area (Å²) in [5.74, 6) is -3.89. The molecule has 1 aromatic carbocycles. The Balaban J connectivity index is 2.60. The first-order valence-corrected chi connectivity index (χ1v) is 4.87. The van der Waals surface area contributed by atoms with E-state index in [1.54, 1.807) is 24.3 Å². The van der Waals surface area contributed by atoms with Gasteiger partial charge in [-0.2, -0.15) is 13.2 Å². The molecule has 0 aliphatic heterocycles. The minimum atomic E-state index is -5.17. The van der Waals surface area contributed by atoms with Gasteiger partial charge in [0.05, 0.1) is 0 Å². The molecule has 0 bridgehead atoms. The zero-order valence-electron chi connectivity index (χ0n) is 9.32. The average molecular weight is 258 g/mol. The largest absolute Gasteiger partial charge is 0.491 e. The third-order valence-electron chi connectivity index (χ3n) is 1.91. The molecule has 6 heteroatoms. The summed E-state index contributed by atoms with van der Waals surface area (Å²) in [5.41, 5.74) is 1.61. The number of aryl methyl sites for hydroxylation is 1. The summed E-state index contributed by atoms with van der Waals surface area (Å²) in [5, 5.41) is 0. The molecule has 0 atom stereocenters. The van der Waals surface area contributed by atoms with Crippen LogP contribution < -0.4 is 0 Å². The van der Waals surface area contributed by atoms with Crippen molar-refractivity contribution in [2.45, 2.75) is 13.1 Å². The first-order valence-electron chi connectivity index (χ1n) is 4.87. The average Bonchev–Trinajstić information content (AvgIpc) is 2.27. The summed E-state index contributed by atoms with van der Waals surface area (Å²) in [6, 6.07) is 6.88. The molecular weight excluding hydrogens is 249 g/mol. The maximum absolute atomic E-state index is 11.8. The van der Waals surface area contributed by atoms with E-state index in [-0.39, 0.29) is 0 Å². The lowest BCUT2D eigenvalue weighted by Crippen LogP contribution is -2.27. The van der Waals surface area contributed by atoms with Crippen LogP contribution in [0.2, 0.25) is 0 Å². The molecule has 3 nitrogen and oxygen atoms in total. The van der Waals surface area contributed by atoms with Gasteiger partial charge in [-0.15, -0.1) is 0 Å². The van der Waals surface area contributed by atoms with E-state index in [1.165, 1.54) is 6.08 Å². The van der Waals surface area contributed by atoms with Crippen molar-refractivity contribution in [2.24, 2.45) is 0 Å². The second-order valence-electron chi connectivity index (χ2n) is 3.45. The van der Waals surface area contributed by atoms with Crippen LogP contribution in [0.4, 0.5) is 13.2 Å². The van der Waals surface area contributed by atoms with Crippen LogP contribution in [0.25, 0.3) is 6.08 Å². The van der Waals surface area contributed by atoms with E-state index >= 15 is 0 Å². The quantitative estimate of drug-likeness (QED) is 0.465. The highest BCUT2D eigenvalue weighted by molar-refractivity contribution is 5.96. The van der Waals surface area contributed by atoms with Gasteiger partial charge in [0.2, 0.25) is 0 Å². The molecule has 0 saturated heterocycles. The van der Waals surface area contributed by atoms with Crippen LogP contribution >= 0.6 is 0 Å². The number of carbonyl (C=O) groups is 2. The van der Waals surface area contributed by atoms with E-state index in [9.17, 15) is 22.8 Å². The van der Waals surface area contributed by atoms with Crippen molar-refractivity contribution in [3.8, 4) is 0 Å². The molecule has 0 heterocycles. The Hall–Kier alpha value is -2.11. The molecule has 0 N–H and O–H groups in total. The molecule has 0 unspecified atom stereocenters. The predicted octanol–water partition coefficient (Wildman–Crippen LogP) is 2.64. The molecule has 0 spiro atoms. The van der Waals surface area contributed by atoms with Crippen LogP contribution in [0.15, 0.2) is 30.3 Å². The predicted molar refractivity (Wildman–Crippen MR) is 57.4 cm³/mol. The van der Waals surface area contributed by atoms with Gasteiger partial charge in [-0.1, -0.05) is 29.8 Å². The number of halogens is 3. The lowest BCUT2D eigenvalue weighted by molar-refractivity contribution is -0.200. The molecular formula is C12H9F3O3. The highest BCUT2D eigenvalue weighted by Gasteiger charge is 2.42. The third kappa shape index (κ3) is 4.40. The van der Waals surface area contributed by atoms with Gasteiger partial charge < -0.3 is 4.74 Å². The number of benzene rings is 1. The lowest BCUT2D eigenvalue weighted by Gasteiger charge is -2.02. The molecule has 0 amide bonds. The van der Waals surface area contributed by atoms with Crippen molar-refractivity contribution in [1.29, 1.82) is 0 Å². The zero-order valence-corrected chi connectivity index (χ0v) is 9.32. The molecule has 0 fully saturated rings. The van der Waals surface area contributed by atoms with Crippen molar-refractivity contribution in [2.75, 3.05) is 0 Å². The normalized spacial score (nSPS) is 11.6. The second-order valence-corrected chi connectivity index (χ2v) is 3.45. The number of carbonyl (C=O) groups excluding carboxylic acids is 2. The monoisotopic (exact) mass is 258 g/mol. The van der Waals surface area contributed by atoms with E-state index in [0.29, 0.717) is 5.56 Å². The van der Waals surface area contributed by atoms with E-state index in [2.05, 4.69) is 4.74 Å². The van der Waals surface area contributed by atoms with Gasteiger partial charge in [-0.3, -0.25) is 0 Å². The molecule has 0 saturated carbocycles. The van der Waals surface area contributed by atoms with E-state index < -0.39 is 18.1 Å². The van der Waals surface area contributed by atoms with E-state index in [1.807, 2.05) is 6.92 Å². The fourth-order valence-electron chi connectivity index (χ4n) is 1.03. The summed E-state index contributed by atoms with van der Waals surface area (Å²) in [6.07, 6.45) is -3.16. The molecule has 96 valence electrons. The Morgan fingerprint density at radius 1 is 1.17 bits per heavy atom. The van der Waals surface area contributed by atoms with Gasteiger partial charge in [-0.25, -0.2) is 9.59 Å². The summed E-state index contributed by atoms with van der Waals surface area (Å²) in [7, 11) is 0. The highest BCUT2D eigenvalue weighted by atomic mass is 19.4. The number of esters is 2. The maximum atomic E-state index is 11.8. The Bertz CT molecular complexity index is 472. The van der Waals surface area contributed by atoms with Crippen LogP contribution in [0.1, 0.15) is 11.1 Å². The Labute approximate surface area is 101 Å². The molecule has 0 radical (unpaired) electrons. The fourth-order valence-corrected chi connectivity index (χ4v) is 1.03. The number of rotatable bonds is 2. The minimum absolute atomic E-state index is 0.608.